The molecule has 1 fully saturated rings. The fourth-order valence-corrected chi connectivity index (χ4v) is 2.01. The predicted octanol–water partition coefficient (Wildman–Crippen LogP) is 0.364. The Kier molecular flexibility index (Phi) is 2.84. The Balaban J connectivity index is 2.02. The molecule has 0 bridgehead atoms. The Bertz CT molecular complexity index is 297. The average molecular weight is 195 g/mol. The molecule has 2 N–H and O–H groups in total. The number of likely N-dealkylation sites (N-methyl/N-ethyl adjacent to an activating group) is 1. The maximum atomic E-state index is 8.78. The number of aromatic amines is 1. The van der Waals surface area contributed by atoms with Crippen LogP contribution in [0.25, 0.3) is 0 Å². The van der Waals surface area contributed by atoms with Crippen LogP contribution in [0.2, 0.25) is 0 Å². The quantitative estimate of drug-likeness (QED) is 0.732. The third kappa shape index (κ3) is 1.96. The van der Waals surface area contributed by atoms with Gasteiger partial charge in [0.1, 0.15) is 0 Å². The van der Waals surface area contributed by atoms with Gasteiger partial charge in [-0.1, -0.05) is 0 Å². The largest absolute Gasteiger partial charge is 0.396 e. The molecule has 0 spiro atoms. The van der Waals surface area contributed by atoms with E-state index in [2.05, 4.69) is 28.2 Å². The first-order valence-electron chi connectivity index (χ1n) is 5.13. The zero-order valence-corrected chi connectivity index (χ0v) is 8.53. The van der Waals surface area contributed by atoms with E-state index in [-0.39, 0.29) is 6.61 Å². The highest BCUT2D eigenvalue weighted by atomic mass is 16.3. The van der Waals surface area contributed by atoms with Crippen LogP contribution in [0.1, 0.15) is 23.7 Å². The molecule has 1 aliphatic heterocycles. The number of hydrogen-bond donors (Lipinski definition) is 2. The maximum Gasteiger partial charge on any atom is 0.0669 e. The SMILES string of the molecule is CN1CCC(c2cc(CCO)[nH]n2)C1. The van der Waals surface area contributed by atoms with Crippen LogP contribution in [0, 0.1) is 0 Å². The second-order valence-corrected chi connectivity index (χ2v) is 4.04. The molecule has 4 heteroatoms. The van der Waals surface area contributed by atoms with E-state index in [0.717, 1.165) is 24.5 Å². The number of nitrogens with one attached hydrogen (secondary N) is 1. The van der Waals surface area contributed by atoms with Crippen molar-refractivity contribution in [3.63, 3.8) is 0 Å². The summed E-state index contributed by atoms with van der Waals surface area (Å²) in [5.74, 6) is 0.573. The number of aliphatic hydroxyl groups excluding tert-OH is 1. The highest BCUT2D eigenvalue weighted by Crippen LogP contribution is 2.24. The molecular weight excluding hydrogens is 178 g/mol. The third-order valence-electron chi connectivity index (χ3n) is 2.84. The molecular formula is C10H17N3O. The molecule has 0 radical (unpaired) electrons. The molecule has 0 aliphatic carbocycles. The summed E-state index contributed by atoms with van der Waals surface area (Å²) in [6, 6.07) is 2.08. The van der Waals surface area contributed by atoms with Gasteiger partial charge in [-0.15, -0.1) is 0 Å². The molecule has 0 saturated carbocycles. The zero-order chi connectivity index (χ0) is 9.97. The van der Waals surface area contributed by atoms with Crippen LogP contribution in [0.5, 0.6) is 0 Å². The monoisotopic (exact) mass is 195 g/mol. The Hall–Kier alpha value is -0.870. The van der Waals surface area contributed by atoms with Gasteiger partial charge < -0.3 is 10.0 Å². The predicted molar refractivity (Wildman–Crippen MR) is 54.2 cm³/mol. The highest BCUT2D eigenvalue weighted by Gasteiger charge is 2.22. The molecule has 0 aromatic carbocycles. The fourth-order valence-electron chi connectivity index (χ4n) is 2.01. The molecule has 1 atom stereocenters. The molecule has 1 aliphatic rings. The van der Waals surface area contributed by atoms with Crippen molar-refractivity contribution in [2.45, 2.75) is 18.8 Å². The Labute approximate surface area is 83.9 Å². The van der Waals surface area contributed by atoms with Gasteiger partial charge in [0.25, 0.3) is 0 Å². The summed E-state index contributed by atoms with van der Waals surface area (Å²) in [6.45, 7) is 2.45. The lowest BCUT2D eigenvalue weighted by Gasteiger charge is -2.06. The molecule has 1 aromatic rings. The number of aromatic nitrogens is 2. The van der Waals surface area contributed by atoms with Gasteiger partial charge in [-0.25, -0.2) is 0 Å². The van der Waals surface area contributed by atoms with Crippen LogP contribution in [0.4, 0.5) is 0 Å². The maximum absolute atomic E-state index is 8.78. The number of likely N-dealkylation sites (tertiary alicyclic amines) is 1. The lowest BCUT2D eigenvalue weighted by Crippen LogP contribution is -2.13. The van der Waals surface area contributed by atoms with Crippen molar-refractivity contribution in [2.24, 2.45) is 0 Å². The second kappa shape index (κ2) is 4.11. The van der Waals surface area contributed by atoms with E-state index in [9.17, 15) is 0 Å². The highest BCUT2D eigenvalue weighted by molar-refractivity contribution is 5.15. The van der Waals surface area contributed by atoms with E-state index in [1.54, 1.807) is 0 Å². The lowest BCUT2D eigenvalue weighted by atomic mass is 10.0. The third-order valence-corrected chi connectivity index (χ3v) is 2.84. The molecule has 4 nitrogen and oxygen atoms in total. The summed E-state index contributed by atoms with van der Waals surface area (Å²) in [6.07, 6.45) is 1.87. The van der Waals surface area contributed by atoms with Crippen molar-refractivity contribution in [2.75, 3.05) is 26.7 Å². The van der Waals surface area contributed by atoms with E-state index in [1.807, 2.05) is 0 Å². The first-order valence-corrected chi connectivity index (χ1v) is 5.13. The van der Waals surface area contributed by atoms with Crippen LogP contribution in [-0.2, 0) is 6.42 Å². The summed E-state index contributed by atoms with van der Waals surface area (Å²) in [7, 11) is 2.14. The standard InChI is InChI=1S/C10H17N3O/c1-13-4-2-8(7-13)10-6-9(3-5-14)11-12-10/h6,8,14H,2-5,7H2,1H3,(H,11,12). The molecule has 14 heavy (non-hydrogen) atoms. The van der Waals surface area contributed by atoms with E-state index in [1.165, 1.54) is 6.42 Å². The number of aliphatic hydroxyl groups is 1. The fraction of sp³-hybridized carbons (Fsp3) is 0.700. The normalized spacial score (nSPS) is 23.1. The Morgan fingerprint density at radius 3 is 3.21 bits per heavy atom. The molecule has 1 unspecified atom stereocenters. The van der Waals surface area contributed by atoms with Crippen LogP contribution in [-0.4, -0.2) is 46.9 Å². The van der Waals surface area contributed by atoms with Crippen LogP contribution >= 0.6 is 0 Å². The summed E-state index contributed by atoms with van der Waals surface area (Å²) >= 11 is 0. The van der Waals surface area contributed by atoms with Crippen molar-refractivity contribution in [1.29, 1.82) is 0 Å². The molecule has 2 rings (SSSR count). The summed E-state index contributed by atoms with van der Waals surface area (Å²) < 4.78 is 0. The van der Waals surface area contributed by atoms with Gasteiger partial charge in [-0.05, 0) is 26.1 Å². The minimum absolute atomic E-state index is 0.187. The second-order valence-electron chi connectivity index (χ2n) is 4.04. The molecule has 2 heterocycles. The van der Waals surface area contributed by atoms with Crippen LogP contribution in [0.3, 0.4) is 0 Å². The van der Waals surface area contributed by atoms with Crippen molar-refractivity contribution in [1.82, 2.24) is 15.1 Å². The smallest absolute Gasteiger partial charge is 0.0669 e. The molecule has 78 valence electrons. The first-order chi connectivity index (χ1) is 6.79. The average Bonchev–Trinajstić information content (AvgIpc) is 2.74. The summed E-state index contributed by atoms with van der Waals surface area (Å²) in [5, 5.41) is 16.0. The number of nitrogens with zero attached hydrogens (tertiary/aromatic N) is 2. The van der Waals surface area contributed by atoms with Crippen molar-refractivity contribution in [3.8, 4) is 0 Å². The van der Waals surface area contributed by atoms with Gasteiger partial charge in [0, 0.05) is 31.2 Å². The van der Waals surface area contributed by atoms with Crippen LogP contribution in [0.15, 0.2) is 6.07 Å². The van der Waals surface area contributed by atoms with Crippen LogP contribution < -0.4 is 0 Å². The van der Waals surface area contributed by atoms with Crippen molar-refractivity contribution >= 4 is 0 Å². The van der Waals surface area contributed by atoms with Gasteiger partial charge in [0.2, 0.25) is 0 Å². The van der Waals surface area contributed by atoms with Gasteiger partial charge >= 0.3 is 0 Å². The number of rotatable bonds is 3. The molecule has 1 saturated heterocycles. The number of hydrogen-bond acceptors (Lipinski definition) is 3. The Morgan fingerprint density at radius 2 is 2.57 bits per heavy atom. The first kappa shape index (κ1) is 9.68. The van der Waals surface area contributed by atoms with Gasteiger partial charge in [-0.2, -0.15) is 5.10 Å². The molecule has 0 amide bonds. The summed E-state index contributed by atoms with van der Waals surface area (Å²) in [5.41, 5.74) is 2.19. The van der Waals surface area contributed by atoms with E-state index in [0.29, 0.717) is 12.3 Å². The van der Waals surface area contributed by atoms with E-state index < -0.39 is 0 Å². The van der Waals surface area contributed by atoms with E-state index in [4.69, 9.17) is 5.11 Å². The van der Waals surface area contributed by atoms with Crippen molar-refractivity contribution < 1.29 is 5.11 Å². The van der Waals surface area contributed by atoms with Crippen molar-refractivity contribution in [3.05, 3.63) is 17.5 Å². The topological polar surface area (TPSA) is 52.1 Å². The zero-order valence-electron chi connectivity index (χ0n) is 8.53. The minimum Gasteiger partial charge on any atom is -0.396 e. The van der Waals surface area contributed by atoms with E-state index >= 15 is 0 Å². The number of H-pyrrole nitrogens is 1. The lowest BCUT2D eigenvalue weighted by molar-refractivity contribution is 0.298. The summed E-state index contributed by atoms with van der Waals surface area (Å²) in [4.78, 5) is 2.32. The van der Waals surface area contributed by atoms with Gasteiger partial charge in [0.05, 0.1) is 5.69 Å². The van der Waals surface area contributed by atoms with Gasteiger partial charge in [-0.3, -0.25) is 5.10 Å². The minimum atomic E-state index is 0.187. The Morgan fingerprint density at radius 1 is 1.71 bits per heavy atom. The molecule has 1 aromatic heterocycles. The van der Waals surface area contributed by atoms with Gasteiger partial charge in [0.15, 0.2) is 0 Å².